The van der Waals surface area contributed by atoms with Crippen LogP contribution in [-0.2, 0) is 20.4 Å². The SMILES string of the molecule is C/C(=[PH+]\c1c(C)cc(C)cc1C)C(=Nc1c(C)cccc1C)c1ccccc1.CC#N.[CH3-].[Pd]. The van der Waals surface area contributed by atoms with Crippen LogP contribution in [0.5, 0.6) is 0 Å². The van der Waals surface area contributed by atoms with Gasteiger partial charge in [-0.25, -0.2) is 4.99 Å². The van der Waals surface area contributed by atoms with Crippen molar-refractivity contribution in [1.29, 1.82) is 5.26 Å². The zero-order chi connectivity index (χ0) is 23.0. The first kappa shape index (κ1) is 30.7. The van der Waals surface area contributed by atoms with Gasteiger partial charge in [-0.3, -0.25) is 0 Å². The molecule has 3 rings (SSSR count). The van der Waals surface area contributed by atoms with E-state index < -0.39 is 0 Å². The third-order valence-electron chi connectivity index (χ3n) is 5.06. The first-order chi connectivity index (χ1) is 14.8. The van der Waals surface area contributed by atoms with Crippen molar-refractivity contribution in [2.24, 2.45) is 4.99 Å². The van der Waals surface area contributed by atoms with E-state index in [4.69, 9.17) is 10.3 Å². The molecule has 0 bridgehead atoms. The summed E-state index contributed by atoms with van der Waals surface area (Å²) in [5.41, 5.74) is 9.86. The Bertz CT molecular complexity index is 1110. The Labute approximate surface area is 216 Å². The second-order valence-corrected chi connectivity index (χ2v) is 9.31. The summed E-state index contributed by atoms with van der Waals surface area (Å²) in [5, 5.41) is 10.1. The number of hydrogen-bond donors (Lipinski definition) is 0. The minimum Gasteiger partial charge on any atom is -0.358 e. The summed E-state index contributed by atoms with van der Waals surface area (Å²) in [6.07, 6.45) is 0. The zero-order valence-electron chi connectivity index (χ0n) is 21.0. The van der Waals surface area contributed by atoms with Crippen molar-refractivity contribution in [3.05, 3.63) is 101 Å². The molecule has 0 aliphatic heterocycles. The third kappa shape index (κ3) is 8.50. The molecule has 0 N–H and O–H groups in total. The smallest absolute Gasteiger partial charge is 0.152 e. The minimum absolute atomic E-state index is 0. The third-order valence-corrected chi connectivity index (χ3v) is 6.71. The molecular weight excluding hydrogens is 514 g/mol. The van der Waals surface area contributed by atoms with Crippen molar-refractivity contribution in [2.75, 3.05) is 0 Å². The molecule has 0 radical (unpaired) electrons. The minimum atomic E-state index is 0. The van der Waals surface area contributed by atoms with E-state index in [-0.39, 0.29) is 27.8 Å². The number of hydrogen-bond acceptors (Lipinski definition) is 2. The Hall–Kier alpha value is -2.35. The predicted molar refractivity (Wildman–Crippen MR) is 146 cm³/mol. The van der Waals surface area contributed by atoms with Crippen LogP contribution in [0.2, 0.25) is 0 Å². The van der Waals surface area contributed by atoms with Crippen LogP contribution in [0.1, 0.15) is 47.2 Å². The van der Waals surface area contributed by atoms with E-state index in [2.05, 4.69) is 102 Å². The number of aryl methyl sites for hydroxylation is 5. The van der Waals surface area contributed by atoms with Gasteiger partial charge in [0.2, 0.25) is 0 Å². The molecule has 4 heteroatoms. The summed E-state index contributed by atoms with van der Waals surface area (Å²) < 4.78 is 0. The van der Waals surface area contributed by atoms with Crippen LogP contribution in [-0.4, -0.2) is 11.0 Å². The van der Waals surface area contributed by atoms with Crippen LogP contribution >= 0.6 is 8.20 Å². The average Bonchev–Trinajstić information content (AvgIpc) is 2.71. The molecule has 176 valence electrons. The van der Waals surface area contributed by atoms with E-state index in [9.17, 15) is 0 Å². The van der Waals surface area contributed by atoms with E-state index in [1.807, 2.05) is 0 Å². The zero-order valence-corrected chi connectivity index (χ0v) is 23.5. The number of nitrogens with zero attached hydrogens (tertiary/aromatic N) is 2. The standard InChI is InChI=1S/C26H28NP.C2H3N.CH3.Pd/c1-17-15-20(4)26(21(5)16-17)28-22(6)25(23-13-8-7-9-14-23)27-24-18(2)11-10-12-19(24)3;1-2-3;;/h7-16H,1-6H3;1H3;1H3;/q;;-1;/p+1. The van der Waals surface area contributed by atoms with Gasteiger partial charge in [-0.1, -0.05) is 66.2 Å². The van der Waals surface area contributed by atoms with Crippen molar-refractivity contribution in [1.82, 2.24) is 0 Å². The fraction of sp³-hybridized carbons (Fsp3) is 0.241. The molecule has 0 heterocycles. The summed E-state index contributed by atoms with van der Waals surface area (Å²) in [4.78, 5) is 5.19. The van der Waals surface area contributed by atoms with Gasteiger partial charge in [-0.15, -0.1) is 0 Å². The second kappa shape index (κ2) is 14.7. The fourth-order valence-corrected chi connectivity index (χ4v) is 4.91. The van der Waals surface area contributed by atoms with E-state index in [0.717, 1.165) is 11.4 Å². The molecule has 33 heavy (non-hydrogen) atoms. The average molecular weight is 549 g/mol. The number of rotatable bonds is 4. The molecule has 3 aromatic rings. The number of para-hydroxylation sites is 1. The molecule has 0 aromatic heterocycles. The summed E-state index contributed by atoms with van der Waals surface area (Å²) in [6.45, 7) is 14.6. The van der Waals surface area contributed by atoms with Crippen molar-refractivity contribution in [3.63, 3.8) is 0 Å². The first-order valence-electron chi connectivity index (χ1n) is 10.5. The molecule has 0 saturated heterocycles. The maximum atomic E-state index is 7.32. The number of nitriles is 1. The largest absolute Gasteiger partial charge is 0.358 e. The molecule has 0 aliphatic carbocycles. The molecule has 0 amide bonds. The molecule has 0 fully saturated rings. The molecule has 1 unspecified atom stereocenters. The Morgan fingerprint density at radius 1 is 0.818 bits per heavy atom. The Kier molecular flexibility index (Phi) is 13.7. The maximum Gasteiger partial charge on any atom is 0.152 e. The van der Waals surface area contributed by atoms with E-state index in [1.165, 1.54) is 50.9 Å². The van der Waals surface area contributed by atoms with Crippen LogP contribution in [0, 0.1) is 53.4 Å². The van der Waals surface area contributed by atoms with Crippen LogP contribution in [0.3, 0.4) is 0 Å². The van der Waals surface area contributed by atoms with Gasteiger partial charge in [0.15, 0.2) is 5.30 Å². The summed E-state index contributed by atoms with van der Waals surface area (Å²) in [7, 11) is 0.609. The van der Waals surface area contributed by atoms with Gasteiger partial charge in [0.05, 0.1) is 11.8 Å². The van der Waals surface area contributed by atoms with Gasteiger partial charge in [-0.05, 0) is 56.9 Å². The maximum absolute atomic E-state index is 7.32. The molecule has 0 spiro atoms. The first-order valence-corrected chi connectivity index (χ1v) is 11.5. The van der Waals surface area contributed by atoms with Gasteiger partial charge in [0.25, 0.3) is 0 Å². The van der Waals surface area contributed by atoms with E-state index in [0.29, 0.717) is 8.20 Å². The van der Waals surface area contributed by atoms with Crippen LogP contribution < -0.4 is 5.30 Å². The van der Waals surface area contributed by atoms with Gasteiger partial charge in [0, 0.05) is 39.8 Å². The molecule has 0 aliphatic rings. The topological polar surface area (TPSA) is 36.1 Å². The van der Waals surface area contributed by atoms with Crippen molar-refractivity contribution in [2.45, 2.75) is 48.5 Å². The molecule has 0 saturated carbocycles. The summed E-state index contributed by atoms with van der Waals surface area (Å²) >= 11 is 0. The molecule has 2 nitrogen and oxygen atoms in total. The predicted octanol–water partition coefficient (Wildman–Crippen LogP) is 7.52. The van der Waals surface area contributed by atoms with Crippen molar-refractivity contribution in [3.8, 4) is 6.07 Å². The van der Waals surface area contributed by atoms with Gasteiger partial charge >= 0.3 is 0 Å². The van der Waals surface area contributed by atoms with Crippen LogP contribution in [0.25, 0.3) is 0 Å². The molecule has 1 atom stereocenters. The van der Waals surface area contributed by atoms with Gasteiger partial charge in [-0.2, -0.15) is 5.26 Å². The van der Waals surface area contributed by atoms with Crippen LogP contribution in [0.15, 0.2) is 65.7 Å². The van der Waals surface area contributed by atoms with E-state index in [1.54, 1.807) is 6.07 Å². The Morgan fingerprint density at radius 3 is 1.79 bits per heavy atom. The van der Waals surface area contributed by atoms with Crippen molar-refractivity contribution >= 4 is 30.2 Å². The van der Waals surface area contributed by atoms with E-state index >= 15 is 0 Å². The molecular formula is C29H35N2PPd. The van der Waals surface area contributed by atoms with Crippen molar-refractivity contribution < 1.29 is 20.4 Å². The number of benzene rings is 3. The summed E-state index contributed by atoms with van der Waals surface area (Å²) in [5.74, 6) is 0. The molecule has 3 aromatic carbocycles. The Balaban J connectivity index is 0.00000194. The summed E-state index contributed by atoms with van der Waals surface area (Å²) in [6, 6.07) is 23.3. The van der Waals surface area contributed by atoms with Crippen LogP contribution in [0.4, 0.5) is 5.69 Å². The second-order valence-electron chi connectivity index (χ2n) is 7.81. The Morgan fingerprint density at radius 2 is 1.30 bits per heavy atom. The van der Waals surface area contributed by atoms with Gasteiger partial charge in [0.1, 0.15) is 19.2 Å². The monoisotopic (exact) mass is 548 g/mol. The number of aliphatic imine (C=N–C) groups is 1. The fourth-order valence-electron chi connectivity index (χ4n) is 3.68. The normalized spacial score (nSPS) is 10.7. The quantitative estimate of drug-likeness (QED) is 0.144. The van der Waals surface area contributed by atoms with Gasteiger partial charge < -0.3 is 7.43 Å².